The summed E-state index contributed by atoms with van der Waals surface area (Å²) in [4.78, 5) is 33.5. The van der Waals surface area contributed by atoms with E-state index >= 15 is 0 Å². The van der Waals surface area contributed by atoms with Crippen molar-refractivity contribution in [3.8, 4) is 0 Å². The number of hydrogen-bond acceptors (Lipinski definition) is 7. The maximum atomic E-state index is 13.4. The Kier molecular flexibility index (Phi) is 7.44. The third-order valence-corrected chi connectivity index (χ3v) is 10.1. The molecule has 0 aromatic carbocycles. The zero-order chi connectivity index (χ0) is 23.8. The highest BCUT2D eigenvalue weighted by molar-refractivity contribution is 7.99. The maximum Gasteiger partial charge on any atom is 0.236 e. The van der Waals surface area contributed by atoms with E-state index in [-0.39, 0.29) is 35.7 Å². The van der Waals surface area contributed by atoms with Crippen molar-refractivity contribution in [2.45, 2.75) is 70.8 Å². The van der Waals surface area contributed by atoms with Crippen molar-refractivity contribution >= 4 is 40.0 Å². The molecule has 33 heavy (non-hydrogen) atoms. The van der Waals surface area contributed by atoms with Gasteiger partial charge in [-0.2, -0.15) is 11.8 Å². The summed E-state index contributed by atoms with van der Waals surface area (Å²) >= 11 is 2.95. The standard InChI is InChI=1S/C24H37N3O4S2/c1-23-8-7-18(29)24(2,14-28)17(23)12-16-21(26-22(33-16)25-19(30)13-32-3)15(23)11-20(31)27-9-5-4-6-10-27/h15,17-18,28-29H,4-14H2,1-3H3,(H,25,26,30). The van der Waals surface area contributed by atoms with Gasteiger partial charge in [0.05, 0.1) is 24.2 Å². The van der Waals surface area contributed by atoms with E-state index in [1.165, 1.54) is 29.5 Å². The normalized spacial score (nSPS) is 33.8. The van der Waals surface area contributed by atoms with Crippen LogP contribution in [0.3, 0.4) is 0 Å². The maximum absolute atomic E-state index is 13.4. The molecule has 1 saturated carbocycles. The highest BCUT2D eigenvalue weighted by Crippen LogP contribution is 2.62. The molecule has 0 radical (unpaired) electrons. The molecular formula is C24H37N3O4S2. The lowest BCUT2D eigenvalue weighted by Crippen LogP contribution is -2.57. The lowest BCUT2D eigenvalue weighted by molar-refractivity contribution is -0.147. The predicted octanol–water partition coefficient (Wildman–Crippen LogP) is 3.26. The number of aliphatic hydroxyl groups excluding tert-OH is 2. The predicted molar refractivity (Wildman–Crippen MR) is 133 cm³/mol. The van der Waals surface area contributed by atoms with Crippen LogP contribution in [0.25, 0.3) is 0 Å². The zero-order valence-corrected chi connectivity index (χ0v) is 21.6. The van der Waals surface area contributed by atoms with Crippen molar-refractivity contribution in [3.05, 3.63) is 10.6 Å². The number of aromatic nitrogens is 1. The number of thiazole rings is 1. The van der Waals surface area contributed by atoms with Crippen LogP contribution >= 0.6 is 23.1 Å². The first kappa shape index (κ1) is 24.9. The van der Waals surface area contributed by atoms with Crippen LogP contribution in [0.4, 0.5) is 5.13 Å². The average molecular weight is 496 g/mol. The van der Waals surface area contributed by atoms with E-state index < -0.39 is 11.5 Å². The molecule has 2 fully saturated rings. The number of carbonyl (C=O) groups is 2. The second-order valence-corrected chi connectivity index (χ2v) is 12.4. The number of anilines is 1. The highest BCUT2D eigenvalue weighted by Gasteiger charge is 2.59. The molecule has 3 aliphatic rings. The minimum atomic E-state index is -0.636. The number of thioether (sulfide) groups is 1. The smallest absolute Gasteiger partial charge is 0.236 e. The number of likely N-dealkylation sites (tertiary alicyclic amines) is 1. The van der Waals surface area contributed by atoms with E-state index in [0.29, 0.717) is 30.1 Å². The SMILES string of the molecule is CSCC(=O)Nc1nc2c(s1)CC1C(C)(CO)C(O)CCC1(C)C2CC(=O)N1CCCCC1. The Bertz CT molecular complexity index is 887. The third kappa shape index (κ3) is 4.58. The molecule has 5 unspecified atom stereocenters. The van der Waals surface area contributed by atoms with Crippen LogP contribution < -0.4 is 5.32 Å². The van der Waals surface area contributed by atoms with E-state index in [2.05, 4.69) is 12.2 Å². The molecule has 3 N–H and O–H groups in total. The average Bonchev–Trinajstić information content (AvgIpc) is 3.20. The van der Waals surface area contributed by atoms with Crippen molar-refractivity contribution in [3.63, 3.8) is 0 Å². The molecule has 0 bridgehead atoms. The Morgan fingerprint density at radius 1 is 1.27 bits per heavy atom. The van der Waals surface area contributed by atoms with E-state index in [1.807, 2.05) is 18.1 Å². The van der Waals surface area contributed by atoms with Crippen LogP contribution in [0.2, 0.25) is 0 Å². The minimum absolute atomic E-state index is 0.0283. The van der Waals surface area contributed by atoms with Gasteiger partial charge >= 0.3 is 0 Å². The second kappa shape index (κ2) is 9.84. The number of piperidine rings is 1. The number of carbonyl (C=O) groups excluding carboxylic acids is 2. The molecule has 2 amide bonds. The van der Waals surface area contributed by atoms with E-state index in [9.17, 15) is 19.8 Å². The van der Waals surface area contributed by atoms with Gasteiger partial charge in [-0.15, -0.1) is 11.3 Å². The molecule has 1 aromatic rings. The fourth-order valence-electron chi connectivity index (χ4n) is 6.43. The number of fused-ring (bicyclic) bond motifs is 2. The van der Waals surface area contributed by atoms with Crippen LogP contribution in [0, 0.1) is 16.7 Å². The lowest BCUT2D eigenvalue weighted by atomic mass is 9.47. The van der Waals surface area contributed by atoms with Crippen molar-refractivity contribution in [2.75, 3.05) is 37.0 Å². The Morgan fingerprint density at radius 2 is 2.00 bits per heavy atom. The molecule has 2 heterocycles. The van der Waals surface area contributed by atoms with Crippen molar-refractivity contribution < 1.29 is 19.8 Å². The lowest BCUT2D eigenvalue weighted by Gasteiger charge is -2.58. The summed E-state index contributed by atoms with van der Waals surface area (Å²) in [5.41, 5.74) is 0.0351. The van der Waals surface area contributed by atoms with E-state index in [4.69, 9.17) is 4.98 Å². The van der Waals surface area contributed by atoms with Crippen molar-refractivity contribution in [1.82, 2.24) is 9.88 Å². The van der Waals surface area contributed by atoms with Gasteiger partial charge in [0.15, 0.2) is 5.13 Å². The molecule has 1 saturated heterocycles. The zero-order valence-electron chi connectivity index (χ0n) is 19.9. The molecular weight excluding hydrogens is 458 g/mol. The number of nitrogens with one attached hydrogen (secondary N) is 1. The van der Waals surface area contributed by atoms with Crippen LogP contribution in [-0.4, -0.2) is 69.7 Å². The largest absolute Gasteiger partial charge is 0.396 e. The van der Waals surface area contributed by atoms with Gasteiger partial charge in [0.25, 0.3) is 0 Å². The fourth-order valence-corrected chi connectivity index (χ4v) is 7.85. The fraction of sp³-hybridized carbons (Fsp3) is 0.792. The molecule has 4 rings (SSSR count). The third-order valence-electron chi connectivity index (χ3n) is 8.50. The first-order chi connectivity index (χ1) is 15.7. The first-order valence-electron chi connectivity index (χ1n) is 12.1. The van der Waals surface area contributed by atoms with Crippen LogP contribution in [0.1, 0.15) is 68.9 Å². The number of rotatable bonds is 6. The summed E-state index contributed by atoms with van der Waals surface area (Å²) < 4.78 is 0. The Labute approximate surface area is 204 Å². The van der Waals surface area contributed by atoms with E-state index in [0.717, 1.165) is 42.9 Å². The van der Waals surface area contributed by atoms with Gasteiger partial charge in [-0.05, 0) is 56.1 Å². The topological polar surface area (TPSA) is 103 Å². The highest BCUT2D eigenvalue weighted by atomic mass is 32.2. The summed E-state index contributed by atoms with van der Waals surface area (Å²) in [6.07, 6.45) is 7.08. The molecule has 2 aliphatic carbocycles. The van der Waals surface area contributed by atoms with Gasteiger partial charge in [-0.25, -0.2) is 4.98 Å². The number of hydrogen-bond donors (Lipinski definition) is 3. The van der Waals surface area contributed by atoms with Crippen LogP contribution in [-0.2, 0) is 16.0 Å². The summed E-state index contributed by atoms with van der Waals surface area (Å²) in [5.74, 6) is 0.400. The van der Waals surface area contributed by atoms with Gasteiger partial charge in [0, 0.05) is 35.7 Å². The minimum Gasteiger partial charge on any atom is -0.396 e. The first-order valence-corrected chi connectivity index (χ1v) is 14.3. The van der Waals surface area contributed by atoms with Gasteiger partial charge in [-0.1, -0.05) is 13.8 Å². The quantitative estimate of drug-likeness (QED) is 0.560. The Hall–Kier alpha value is -1.16. The molecule has 1 aromatic heterocycles. The summed E-state index contributed by atoms with van der Waals surface area (Å²) in [5, 5.41) is 24.8. The molecule has 7 nitrogen and oxygen atoms in total. The van der Waals surface area contributed by atoms with Gasteiger partial charge in [0.1, 0.15) is 0 Å². The van der Waals surface area contributed by atoms with E-state index in [1.54, 1.807) is 0 Å². The molecule has 1 aliphatic heterocycles. The van der Waals surface area contributed by atoms with Gasteiger partial charge in [0.2, 0.25) is 11.8 Å². The van der Waals surface area contributed by atoms with Gasteiger partial charge < -0.3 is 20.4 Å². The Morgan fingerprint density at radius 3 is 2.67 bits per heavy atom. The molecule has 184 valence electrons. The monoisotopic (exact) mass is 495 g/mol. The number of amides is 2. The molecule has 5 atom stereocenters. The Balaban J connectivity index is 1.70. The summed E-state index contributed by atoms with van der Waals surface area (Å²) in [7, 11) is 0. The van der Waals surface area contributed by atoms with Crippen molar-refractivity contribution in [2.24, 2.45) is 16.7 Å². The van der Waals surface area contributed by atoms with Crippen molar-refractivity contribution in [1.29, 1.82) is 0 Å². The van der Waals surface area contributed by atoms with Gasteiger partial charge in [-0.3, -0.25) is 9.59 Å². The molecule has 0 spiro atoms. The second-order valence-electron chi connectivity index (χ2n) is 10.5. The molecule has 9 heteroatoms. The summed E-state index contributed by atoms with van der Waals surface area (Å²) in [6, 6.07) is 0. The number of aliphatic hydroxyl groups is 2. The summed E-state index contributed by atoms with van der Waals surface area (Å²) in [6.45, 7) is 5.75. The van der Waals surface area contributed by atoms with Crippen LogP contribution in [0.5, 0.6) is 0 Å². The number of nitrogens with zero attached hydrogens (tertiary/aromatic N) is 2. The van der Waals surface area contributed by atoms with Crippen LogP contribution in [0.15, 0.2) is 0 Å².